The quantitative estimate of drug-likeness (QED) is 0.186. The number of carboxylic acid groups (broad SMARTS) is 1. The Balaban J connectivity index is -0.0000000334. The molecule has 0 aliphatic rings. The van der Waals surface area contributed by atoms with Crippen LogP contribution in [0.15, 0.2) is 11.6 Å². The van der Waals surface area contributed by atoms with Crippen molar-refractivity contribution >= 4 is 623 Å². The second-order valence-corrected chi connectivity index (χ2v) is 7.69. The minimum atomic E-state index is -0.822. The second kappa shape index (κ2) is 69.7. The maximum atomic E-state index is 10.5. The van der Waals surface area contributed by atoms with Gasteiger partial charge in [0.15, 0.2) is 0 Å². The van der Waals surface area contributed by atoms with Crippen LogP contribution in [0.25, 0.3) is 0 Å². The summed E-state index contributed by atoms with van der Waals surface area (Å²) in [5.74, 6) is 1.65. The standard InChI is InChI=1S/C20H38O2.12K.12H/c1-16(2)9-6-10-17(3)11-7-12-18(4)13-8-14-19(5)15-20(21)22;;;;;;;;;;;;;;;;;;;;;;;;/h15-18H,6-14H2,1-5H3,(H,21,22);;;;;;;;;;;;;;;;;;;;;;;;/b19-15+;;;;;;;;;;;;;;;;;;;;;;;;/t17-,18-;;;;;;;;;;;;;;;;;;;;;;;;/m1......................../s1. The first kappa shape index (κ1) is 89.5. The van der Waals surface area contributed by atoms with Gasteiger partial charge in [0.05, 0.1) is 0 Å². The first-order valence-corrected chi connectivity index (χ1v) is 9.21. The monoisotopic (exact) mass is 790 g/mol. The molecule has 1 N–H and O–H groups in total. The Kier molecular flexibility index (Phi) is 183. The Bertz CT molecular complexity index is 350. The first-order chi connectivity index (χ1) is 10.3. The number of carbonyl (C=O) groups is 1. The third kappa shape index (κ3) is 75.7. The van der Waals surface area contributed by atoms with Gasteiger partial charge in [-0.3, -0.25) is 0 Å². The van der Waals surface area contributed by atoms with Crippen molar-refractivity contribution in [2.45, 2.75) is 92.4 Å². The molecule has 0 amide bonds. The van der Waals surface area contributed by atoms with E-state index in [0.717, 1.165) is 36.2 Å². The van der Waals surface area contributed by atoms with E-state index in [4.69, 9.17) is 5.11 Å². The minimum absolute atomic E-state index is 0. The van der Waals surface area contributed by atoms with E-state index in [1.54, 1.807) is 0 Å². The summed E-state index contributed by atoms with van der Waals surface area (Å²) < 4.78 is 0. The molecule has 0 aromatic rings. The molecule has 0 unspecified atom stereocenters. The topological polar surface area (TPSA) is 37.3 Å². The number of carboxylic acids is 1. The molecule has 154 valence electrons. The molecule has 0 fully saturated rings. The number of hydrogen-bond donors (Lipinski definition) is 1. The van der Waals surface area contributed by atoms with Gasteiger partial charge in [-0.2, -0.15) is 0 Å². The van der Waals surface area contributed by atoms with Crippen LogP contribution >= 0.6 is 0 Å². The average Bonchev–Trinajstić information content (AvgIpc) is 2.37. The van der Waals surface area contributed by atoms with Crippen molar-refractivity contribution in [1.29, 1.82) is 0 Å². The van der Waals surface area contributed by atoms with E-state index in [0.29, 0.717) is 0 Å². The van der Waals surface area contributed by atoms with Crippen LogP contribution in [0, 0.1) is 17.8 Å². The molecule has 0 aliphatic carbocycles. The fourth-order valence-electron chi connectivity index (χ4n) is 2.99. The Morgan fingerprint density at radius 3 is 1.18 bits per heavy atom. The van der Waals surface area contributed by atoms with Crippen molar-refractivity contribution in [2.75, 3.05) is 0 Å². The zero-order valence-corrected chi connectivity index (χ0v) is 15.5. The third-order valence-corrected chi connectivity index (χ3v) is 4.51. The molecule has 0 spiro atoms. The Labute approximate surface area is 725 Å². The van der Waals surface area contributed by atoms with E-state index in [1.807, 2.05) is 6.92 Å². The molecule has 0 aromatic carbocycles. The van der Waals surface area contributed by atoms with E-state index in [1.165, 1.54) is 51.0 Å². The molecule has 14 heteroatoms. The molecule has 34 heavy (non-hydrogen) atoms. The summed E-state index contributed by atoms with van der Waals surface area (Å²) in [5.41, 5.74) is 0.985. The molecule has 0 aliphatic heterocycles. The van der Waals surface area contributed by atoms with Gasteiger partial charge in [-0.05, 0) is 37.5 Å². The SMILES string of the molecule is C/C(=C\C(=O)O)CCC[C@H](C)CCC[C@H](C)CCCC(C)C.[KH].[KH].[KH].[KH].[KH].[KH].[KH].[KH].[KH].[KH].[KH].[KH]. The van der Waals surface area contributed by atoms with Gasteiger partial charge in [0, 0.05) is 6.08 Å². The fraction of sp³-hybridized carbons (Fsp3) is 0.850. The molecular weight excluding hydrogens is 741 g/mol. The molecule has 2 atom stereocenters. The van der Waals surface area contributed by atoms with E-state index in [-0.39, 0.29) is 617 Å². The van der Waals surface area contributed by atoms with Crippen molar-refractivity contribution in [3.8, 4) is 0 Å². The average molecular weight is 792 g/mol. The molecule has 0 radical (unpaired) electrons. The molecule has 2 nitrogen and oxygen atoms in total. The number of rotatable bonds is 13. The summed E-state index contributed by atoms with van der Waals surface area (Å²) in [6, 6.07) is 0. The van der Waals surface area contributed by atoms with Crippen LogP contribution in [-0.2, 0) is 4.79 Å². The van der Waals surface area contributed by atoms with Gasteiger partial charge in [0.1, 0.15) is 0 Å². The predicted octanol–water partition coefficient (Wildman–Crippen LogP) is -1.33. The third-order valence-electron chi connectivity index (χ3n) is 4.51. The Morgan fingerprint density at radius 1 is 0.588 bits per heavy atom. The normalized spacial score (nSPS) is 9.76. The molecule has 0 saturated carbocycles. The molecule has 0 bridgehead atoms. The first-order valence-electron chi connectivity index (χ1n) is 9.21. The summed E-state index contributed by atoms with van der Waals surface area (Å²) >= 11 is 0. The van der Waals surface area contributed by atoms with Crippen molar-refractivity contribution < 1.29 is 9.90 Å². The van der Waals surface area contributed by atoms with Gasteiger partial charge in [0.2, 0.25) is 0 Å². The number of allylic oxidation sites excluding steroid dienone is 1. The van der Waals surface area contributed by atoms with Crippen LogP contribution < -0.4 is 0 Å². The van der Waals surface area contributed by atoms with Crippen LogP contribution in [-0.4, -0.2) is 628 Å². The van der Waals surface area contributed by atoms with Crippen LogP contribution in [0.3, 0.4) is 0 Å². The van der Waals surface area contributed by atoms with E-state index >= 15 is 0 Å². The zero-order valence-electron chi connectivity index (χ0n) is 15.5. The van der Waals surface area contributed by atoms with Crippen molar-refractivity contribution in [1.82, 2.24) is 0 Å². The predicted molar refractivity (Wildman–Crippen MR) is 182 cm³/mol. The number of aliphatic carboxylic acids is 1. The molecule has 0 saturated heterocycles. The summed E-state index contributed by atoms with van der Waals surface area (Å²) in [6.07, 6.45) is 12.7. The van der Waals surface area contributed by atoms with Gasteiger partial charge >= 0.3 is 623 Å². The van der Waals surface area contributed by atoms with Gasteiger partial charge in [-0.15, -0.1) is 0 Å². The van der Waals surface area contributed by atoms with E-state index in [2.05, 4.69) is 27.7 Å². The summed E-state index contributed by atoms with van der Waals surface area (Å²) in [7, 11) is 0. The fourth-order valence-corrected chi connectivity index (χ4v) is 2.99. The molecule has 0 heterocycles. The van der Waals surface area contributed by atoms with Crippen LogP contribution in [0.5, 0.6) is 0 Å². The summed E-state index contributed by atoms with van der Waals surface area (Å²) in [5, 5.41) is 8.68. The van der Waals surface area contributed by atoms with Crippen molar-refractivity contribution in [3.63, 3.8) is 0 Å². The van der Waals surface area contributed by atoms with Crippen LogP contribution in [0.1, 0.15) is 92.4 Å². The number of hydrogen-bond acceptors (Lipinski definition) is 1. The van der Waals surface area contributed by atoms with Gasteiger partial charge in [-0.1, -0.05) is 78.2 Å². The summed E-state index contributed by atoms with van der Waals surface area (Å²) in [4.78, 5) is 10.5. The summed E-state index contributed by atoms with van der Waals surface area (Å²) in [6.45, 7) is 11.3. The second-order valence-electron chi connectivity index (χ2n) is 7.69. The Hall–Kier alpha value is 18.8. The molecule has 0 aromatic heterocycles. The van der Waals surface area contributed by atoms with Gasteiger partial charge in [0.25, 0.3) is 0 Å². The van der Waals surface area contributed by atoms with Crippen LogP contribution in [0.4, 0.5) is 0 Å². The van der Waals surface area contributed by atoms with Crippen molar-refractivity contribution in [2.24, 2.45) is 17.8 Å². The van der Waals surface area contributed by atoms with E-state index in [9.17, 15) is 4.79 Å². The Morgan fingerprint density at radius 2 is 0.882 bits per heavy atom. The van der Waals surface area contributed by atoms with Gasteiger partial charge < -0.3 is 5.11 Å². The van der Waals surface area contributed by atoms with Crippen LogP contribution in [0.2, 0.25) is 0 Å². The molecule has 0 rings (SSSR count). The van der Waals surface area contributed by atoms with Gasteiger partial charge in [-0.25, -0.2) is 4.79 Å². The maximum absolute atomic E-state index is 10.5. The van der Waals surface area contributed by atoms with E-state index < -0.39 is 5.97 Å². The molecular formula is C20H50K12O2. The zero-order chi connectivity index (χ0) is 17.0. The van der Waals surface area contributed by atoms with Crippen molar-refractivity contribution in [3.05, 3.63) is 11.6 Å².